The van der Waals surface area contributed by atoms with Crippen molar-refractivity contribution in [1.29, 1.82) is 0 Å². The van der Waals surface area contributed by atoms with E-state index in [2.05, 4.69) is 5.10 Å². The molecule has 0 aliphatic carbocycles. The van der Waals surface area contributed by atoms with Crippen molar-refractivity contribution < 1.29 is 23.4 Å². The second-order valence-corrected chi connectivity index (χ2v) is 14.2. The summed E-state index contributed by atoms with van der Waals surface area (Å²) in [6.45, 7) is 4.09. The summed E-state index contributed by atoms with van der Waals surface area (Å²) in [5, 5.41) is 22.5. The van der Waals surface area contributed by atoms with Gasteiger partial charge in [-0.15, -0.1) is 11.8 Å². The fourth-order valence-corrected chi connectivity index (χ4v) is 8.17. The molecular formula is C37H36ClF2N5O3S. The van der Waals surface area contributed by atoms with E-state index < -0.39 is 18.3 Å². The topological polar surface area (TPSA) is 87.1 Å². The molecule has 0 fully saturated rings. The number of aromatic nitrogens is 5. The SMILES string of the molecule is Cc1ccc2c3cc(cc2c1)C(F)(F)Cc1cc(nn1C)CSCc1nn(C)c(C)c1-c1c(Cl)ccc2c(c(C(=O)O)n(C)c12)CCCO3. The largest absolute Gasteiger partial charge is 0.493 e. The molecule has 0 atom stereocenters. The van der Waals surface area contributed by atoms with Crippen LogP contribution in [0.3, 0.4) is 0 Å². The number of thioether (sulfide) groups is 1. The van der Waals surface area contributed by atoms with Crippen LogP contribution in [-0.2, 0) is 51.4 Å². The van der Waals surface area contributed by atoms with Crippen LogP contribution >= 0.6 is 23.4 Å². The number of alkyl halides is 2. The Morgan fingerprint density at radius 3 is 2.53 bits per heavy atom. The highest BCUT2D eigenvalue weighted by Crippen LogP contribution is 2.43. The number of carbonyl (C=O) groups is 1. The van der Waals surface area contributed by atoms with E-state index in [-0.39, 0.29) is 17.9 Å². The molecule has 254 valence electrons. The normalized spacial score (nSPS) is 15.3. The van der Waals surface area contributed by atoms with Crippen molar-refractivity contribution in [3.8, 4) is 16.9 Å². The quantitative estimate of drug-likeness (QED) is 0.185. The van der Waals surface area contributed by atoms with Crippen molar-refractivity contribution in [3.05, 3.63) is 98.7 Å². The van der Waals surface area contributed by atoms with E-state index in [9.17, 15) is 9.90 Å². The van der Waals surface area contributed by atoms with E-state index in [0.717, 1.165) is 44.4 Å². The Balaban J connectivity index is 1.39. The van der Waals surface area contributed by atoms with Gasteiger partial charge in [-0.05, 0) is 61.9 Å². The molecule has 0 saturated heterocycles. The molecule has 49 heavy (non-hydrogen) atoms. The second kappa shape index (κ2) is 12.5. The maximum absolute atomic E-state index is 16.1. The van der Waals surface area contributed by atoms with Crippen molar-refractivity contribution in [1.82, 2.24) is 24.1 Å². The molecule has 0 saturated carbocycles. The predicted octanol–water partition coefficient (Wildman–Crippen LogP) is 8.53. The van der Waals surface area contributed by atoms with Gasteiger partial charge in [0.25, 0.3) is 5.92 Å². The van der Waals surface area contributed by atoms with Crippen molar-refractivity contribution >= 4 is 51.0 Å². The minimum atomic E-state index is -3.19. The summed E-state index contributed by atoms with van der Waals surface area (Å²) < 4.78 is 43.5. The van der Waals surface area contributed by atoms with Crippen LogP contribution < -0.4 is 4.74 Å². The lowest BCUT2D eigenvalue weighted by Gasteiger charge is -2.20. The highest BCUT2D eigenvalue weighted by atomic mass is 35.5. The van der Waals surface area contributed by atoms with Crippen LogP contribution in [0.4, 0.5) is 8.78 Å². The monoisotopic (exact) mass is 703 g/mol. The molecule has 0 amide bonds. The van der Waals surface area contributed by atoms with Crippen molar-refractivity contribution in [2.75, 3.05) is 6.61 Å². The molecule has 7 rings (SSSR count). The molecule has 0 unspecified atom stereocenters. The first-order chi connectivity index (χ1) is 23.3. The number of hydrogen-bond donors (Lipinski definition) is 1. The fraction of sp³-hybridized carbons (Fsp3) is 0.324. The third kappa shape index (κ3) is 5.86. The van der Waals surface area contributed by atoms with Crippen molar-refractivity contribution in [2.45, 2.75) is 50.5 Å². The van der Waals surface area contributed by atoms with Crippen LogP contribution in [0, 0.1) is 13.8 Å². The molecule has 0 radical (unpaired) electrons. The minimum Gasteiger partial charge on any atom is -0.493 e. The molecule has 6 aromatic rings. The Kier molecular flexibility index (Phi) is 8.47. The van der Waals surface area contributed by atoms with Gasteiger partial charge in [-0.3, -0.25) is 9.36 Å². The molecule has 4 heterocycles. The molecule has 0 spiro atoms. The number of carboxylic acid groups (broad SMARTS) is 1. The van der Waals surface area contributed by atoms with E-state index in [4.69, 9.17) is 21.4 Å². The number of rotatable bonds is 1. The fourth-order valence-electron chi connectivity index (χ4n) is 7.07. The number of ether oxygens (including phenoxy) is 1. The highest BCUT2D eigenvalue weighted by molar-refractivity contribution is 7.97. The van der Waals surface area contributed by atoms with E-state index in [1.165, 1.54) is 10.7 Å². The lowest BCUT2D eigenvalue weighted by molar-refractivity contribution is -0.00571. The summed E-state index contributed by atoms with van der Waals surface area (Å²) in [4.78, 5) is 12.7. The van der Waals surface area contributed by atoms with Gasteiger partial charge in [0, 0.05) is 71.5 Å². The standard InChI is InChI=1S/C37H36ClF2N5O3S/c1-20-8-9-26-22(13-20)14-23-15-31(26)48-12-6-7-27-28-10-11-29(38)33(34(28)43(3)35(27)36(46)47)32-21(2)44(4)42-30(32)19-49-18-24-16-25(45(5)41-24)17-37(23,39)40/h8-11,13-16H,6-7,12,17-19H2,1-5H3,(H,46,47). The number of benzene rings is 3. The summed E-state index contributed by atoms with van der Waals surface area (Å²) in [7, 11) is 5.32. The van der Waals surface area contributed by atoms with Gasteiger partial charge in [0.2, 0.25) is 0 Å². The first kappa shape index (κ1) is 33.2. The van der Waals surface area contributed by atoms with E-state index in [0.29, 0.717) is 57.5 Å². The maximum atomic E-state index is 16.1. The Morgan fingerprint density at radius 2 is 1.76 bits per heavy atom. The third-order valence-electron chi connectivity index (χ3n) is 9.51. The number of nitrogens with zero attached hydrogens (tertiary/aromatic N) is 5. The van der Waals surface area contributed by atoms with Crippen LogP contribution in [0.25, 0.3) is 32.8 Å². The van der Waals surface area contributed by atoms with Crippen LogP contribution in [0.2, 0.25) is 5.02 Å². The van der Waals surface area contributed by atoms with Gasteiger partial charge in [-0.25, -0.2) is 13.6 Å². The zero-order chi connectivity index (χ0) is 34.8. The predicted molar refractivity (Wildman–Crippen MR) is 190 cm³/mol. The average molecular weight is 704 g/mol. The summed E-state index contributed by atoms with van der Waals surface area (Å²) in [6, 6.07) is 14.1. The average Bonchev–Trinajstić information content (AvgIpc) is 3.63. The molecule has 1 aliphatic rings. The van der Waals surface area contributed by atoms with E-state index >= 15 is 8.78 Å². The van der Waals surface area contributed by atoms with E-state index in [1.54, 1.807) is 47.2 Å². The number of fused-ring (bicyclic) bond motifs is 8. The highest BCUT2D eigenvalue weighted by Gasteiger charge is 2.35. The van der Waals surface area contributed by atoms with Gasteiger partial charge in [0.05, 0.1) is 35.0 Å². The first-order valence-corrected chi connectivity index (χ1v) is 17.6. The van der Waals surface area contributed by atoms with Gasteiger partial charge >= 0.3 is 5.97 Å². The van der Waals surface area contributed by atoms with Crippen LogP contribution in [0.15, 0.2) is 48.5 Å². The molecule has 8 bridgehead atoms. The van der Waals surface area contributed by atoms with Crippen LogP contribution in [-0.4, -0.2) is 41.8 Å². The Morgan fingerprint density at radius 1 is 0.980 bits per heavy atom. The number of hydrogen-bond acceptors (Lipinski definition) is 5. The van der Waals surface area contributed by atoms with Crippen LogP contribution in [0.5, 0.6) is 5.75 Å². The van der Waals surface area contributed by atoms with Crippen molar-refractivity contribution in [2.24, 2.45) is 21.1 Å². The molecule has 3 aromatic heterocycles. The lowest BCUT2D eigenvalue weighted by atomic mass is 9.97. The van der Waals surface area contributed by atoms with Crippen LogP contribution in [0.1, 0.15) is 56.4 Å². The molecule has 1 N–H and O–H groups in total. The number of aromatic carboxylic acids is 1. The first-order valence-electron chi connectivity index (χ1n) is 16.0. The number of carboxylic acids is 1. The summed E-state index contributed by atoms with van der Waals surface area (Å²) in [5.41, 5.74) is 6.78. The minimum absolute atomic E-state index is 0.131. The second-order valence-electron chi connectivity index (χ2n) is 12.8. The third-order valence-corrected chi connectivity index (χ3v) is 10.8. The van der Waals surface area contributed by atoms with Gasteiger partial charge in [-0.1, -0.05) is 41.4 Å². The summed E-state index contributed by atoms with van der Waals surface area (Å²) in [5.74, 6) is -2.88. The van der Waals surface area contributed by atoms with Gasteiger partial charge < -0.3 is 14.4 Å². The molecule has 3 aromatic carbocycles. The van der Waals surface area contributed by atoms with E-state index in [1.807, 2.05) is 51.2 Å². The zero-order valence-electron chi connectivity index (χ0n) is 27.9. The lowest BCUT2D eigenvalue weighted by Crippen LogP contribution is -2.19. The number of halogens is 3. The van der Waals surface area contributed by atoms with Gasteiger partial charge in [0.1, 0.15) is 11.4 Å². The maximum Gasteiger partial charge on any atom is 0.352 e. The molecule has 8 nitrogen and oxygen atoms in total. The Hall–Kier alpha value is -4.35. The summed E-state index contributed by atoms with van der Waals surface area (Å²) >= 11 is 8.53. The van der Waals surface area contributed by atoms with Crippen molar-refractivity contribution in [3.63, 3.8) is 0 Å². The molecule has 1 aliphatic heterocycles. The molecular weight excluding hydrogens is 668 g/mol. The number of aryl methyl sites for hydroxylation is 5. The van der Waals surface area contributed by atoms with Gasteiger partial charge in [-0.2, -0.15) is 10.2 Å². The Bertz CT molecular complexity index is 2290. The smallest absolute Gasteiger partial charge is 0.352 e. The zero-order valence-corrected chi connectivity index (χ0v) is 29.5. The Labute approximate surface area is 291 Å². The summed E-state index contributed by atoms with van der Waals surface area (Å²) in [6.07, 6.45) is 0.333. The molecule has 12 heteroatoms. The van der Waals surface area contributed by atoms with Gasteiger partial charge in [0.15, 0.2) is 0 Å².